The third-order valence-electron chi connectivity index (χ3n) is 4.38. The summed E-state index contributed by atoms with van der Waals surface area (Å²) in [4.78, 5) is 3.68. The van der Waals surface area contributed by atoms with E-state index in [1.165, 1.54) is 29.2 Å². The van der Waals surface area contributed by atoms with Gasteiger partial charge in [-0.2, -0.15) is 10.4 Å². The largest absolute Gasteiger partial charge is 0.455 e. The highest BCUT2D eigenvalue weighted by Crippen LogP contribution is 2.36. The normalized spacial score (nSPS) is 11.2. The van der Waals surface area contributed by atoms with Gasteiger partial charge in [-0.05, 0) is 30.3 Å². The molecule has 0 saturated carbocycles. The number of nitrogens with one attached hydrogen (secondary N) is 1. The summed E-state index contributed by atoms with van der Waals surface area (Å²) in [6, 6.07) is 8.89. The standard InChI is InChI=1S/C20H13F2N5O3S2/c1-27-17(4-5-25-27)14-9-15(21)16(22)10-19(14)30-18-3-2-13(8-12(18)11-23)32(28,29)26-20-24-6-7-31-20/h2-10H,1H3,(H,24,26). The Hall–Kier alpha value is -3.82. The van der Waals surface area contributed by atoms with Gasteiger partial charge in [-0.3, -0.25) is 9.40 Å². The number of benzene rings is 2. The second-order valence-electron chi connectivity index (χ2n) is 6.42. The van der Waals surface area contributed by atoms with Crippen molar-refractivity contribution in [2.24, 2.45) is 7.05 Å². The van der Waals surface area contributed by atoms with Gasteiger partial charge in [-0.1, -0.05) is 0 Å². The van der Waals surface area contributed by atoms with Crippen molar-refractivity contribution in [2.45, 2.75) is 4.90 Å². The number of aromatic nitrogens is 3. The molecular weight excluding hydrogens is 460 g/mol. The van der Waals surface area contributed by atoms with Crippen molar-refractivity contribution in [1.82, 2.24) is 14.8 Å². The Morgan fingerprint density at radius 1 is 1.12 bits per heavy atom. The molecule has 0 aliphatic heterocycles. The number of nitriles is 1. The zero-order valence-electron chi connectivity index (χ0n) is 16.3. The molecule has 2 heterocycles. The Bertz CT molecular complexity index is 1440. The van der Waals surface area contributed by atoms with Gasteiger partial charge >= 0.3 is 0 Å². The minimum Gasteiger partial charge on any atom is -0.455 e. The molecular formula is C20H13F2N5O3S2. The Morgan fingerprint density at radius 2 is 1.91 bits per heavy atom. The molecule has 0 bridgehead atoms. The minimum atomic E-state index is -4.00. The SMILES string of the molecule is Cn1nccc1-c1cc(F)c(F)cc1Oc1ccc(S(=O)(=O)Nc2nccs2)cc1C#N. The van der Waals surface area contributed by atoms with Crippen LogP contribution in [0.5, 0.6) is 11.5 Å². The Morgan fingerprint density at radius 3 is 2.56 bits per heavy atom. The molecule has 4 rings (SSSR count). The van der Waals surface area contributed by atoms with Crippen LogP contribution in [0.25, 0.3) is 11.3 Å². The lowest BCUT2D eigenvalue weighted by molar-refractivity contribution is 0.461. The summed E-state index contributed by atoms with van der Waals surface area (Å²) in [5, 5.41) is 15.3. The highest BCUT2D eigenvalue weighted by atomic mass is 32.2. The van der Waals surface area contributed by atoms with Crippen LogP contribution < -0.4 is 9.46 Å². The highest BCUT2D eigenvalue weighted by molar-refractivity contribution is 7.93. The van der Waals surface area contributed by atoms with Gasteiger partial charge in [-0.25, -0.2) is 22.2 Å². The van der Waals surface area contributed by atoms with E-state index >= 15 is 0 Å². The Balaban J connectivity index is 1.73. The molecule has 0 saturated heterocycles. The second kappa shape index (κ2) is 8.37. The van der Waals surface area contributed by atoms with E-state index < -0.39 is 21.7 Å². The minimum absolute atomic E-state index is 0.0323. The predicted octanol–water partition coefficient (Wildman–Crippen LogP) is 4.29. The number of rotatable bonds is 6. The summed E-state index contributed by atoms with van der Waals surface area (Å²) in [6.45, 7) is 0. The maximum Gasteiger partial charge on any atom is 0.263 e. The van der Waals surface area contributed by atoms with Crippen molar-refractivity contribution in [2.75, 3.05) is 4.72 Å². The first-order valence-corrected chi connectivity index (χ1v) is 11.3. The Kier molecular flexibility index (Phi) is 5.60. The van der Waals surface area contributed by atoms with E-state index in [0.717, 1.165) is 29.5 Å². The summed E-state index contributed by atoms with van der Waals surface area (Å²) in [7, 11) is -2.38. The fraction of sp³-hybridized carbons (Fsp3) is 0.0500. The number of hydrogen-bond acceptors (Lipinski definition) is 7. The zero-order chi connectivity index (χ0) is 22.9. The van der Waals surface area contributed by atoms with Crippen LogP contribution in [-0.4, -0.2) is 23.2 Å². The van der Waals surface area contributed by atoms with Crippen LogP contribution in [0.15, 0.2) is 59.1 Å². The molecule has 0 aliphatic carbocycles. The van der Waals surface area contributed by atoms with Gasteiger partial charge in [0.15, 0.2) is 16.8 Å². The van der Waals surface area contributed by atoms with E-state index in [-0.39, 0.29) is 32.7 Å². The van der Waals surface area contributed by atoms with Crippen molar-refractivity contribution in [1.29, 1.82) is 5.26 Å². The van der Waals surface area contributed by atoms with E-state index in [4.69, 9.17) is 4.74 Å². The van der Waals surface area contributed by atoms with Gasteiger partial charge in [0, 0.05) is 36.5 Å². The molecule has 4 aromatic rings. The number of ether oxygens (including phenoxy) is 1. The first kappa shape index (κ1) is 21.4. The zero-order valence-corrected chi connectivity index (χ0v) is 17.9. The van der Waals surface area contributed by atoms with Gasteiger partial charge in [-0.15, -0.1) is 11.3 Å². The van der Waals surface area contributed by atoms with Gasteiger partial charge in [0.1, 0.15) is 17.6 Å². The number of anilines is 1. The maximum atomic E-state index is 14.0. The smallest absolute Gasteiger partial charge is 0.263 e. The fourth-order valence-electron chi connectivity index (χ4n) is 2.87. The molecule has 0 amide bonds. The van der Waals surface area contributed by atoms with E-state index in [1.807, 2.05) is 6.07 Å². The van der Waals surface area contributed by atoms with Crippen molar-refractivity contribution >= 4 is 26.5 Å². The molecule has 162 valence electrons. The summed E-state index contributed by atoms with van der Waals surface area (Å²) in [5.74, 6) is -2.32. The summed E-state index contributed by atoms with van der Waals surface area (Å²) >= 11 is 1.10. The highest BCUT2D eigenvalue weighted by Gasteiger charge is 2.20. The molecule has 0 radical (unpaired) electrons. The number of halogens is 2. The molecule has 2 aromatic heterocycles. The number of thiazole rings is 1. The monoisotopic (exact) mass is 473 g/mol. The van der Waals surface area contributed by atoms with Gasteiger partial charge < -0.3 is 4.74 Å². The lowest BCUT2D eigenvalue weighted by Crippen LogP contribution is -2.13. The van der Waals surface area contributed by atoms with E-state index in [9.17, 15) is 22.5 Å². The molecule has 0 atom stereocenters. The third-order valence-corrected chi connectivity index (χ3v) is 6.53. The molecule has 12 heteroatoms. The summed E-state index contributed by atoms with van der Waals surface area (Å²) in [6.07, 6.45) is 2.93. The van der Waals surface area contributed by atoms with Crippen LogP contribution >= 0.6 is 11.3 Å². The van der Waals surface area contributed by atoms with Crippen molar-refractivity contribution < 1.29 is 21.9 Å². The lowest BCUT2D eigenvalue weighted by atomic mass is 10.1. The first-order valence-electron chi connectivity index (χ1n) is 8.90. The van der Waals surface area contributed by atoms with Crippen LogP contribution in [0, 0.1) is 23.0 Å². The average Bonchev–Trinajstić information content (AvgIpc) is 3.42. The molecule has 0 unspecified atom stereocenters. The van der Waals surface area contributed by atoms with Gasteiger partial charge in [0.05, 0.1) is 16.2 Å². The van der Waals surface area contributed by atoms with Crippen LogP contribution in [0.2, 0.25) is 0 Å². The first-order chi connectivity index (χ1) is 15.3. The molecule has 0 fully saturated rings. The second-order valence-corrected chi connectivity index (χ2v) is 8.99. The Labute approximate surface area is 185 Å². The molecule has 2 aromatic carbocycles. The quantitative estimate of drug-likeness (QED) is 0.447. The van der Waals surface area contributed by atoms with Crippen molar-refractivity contribution in [3.63, 3.8) is 0 Å². The number of nitrogens with zero attached hydrogens (tertiary/aromatic N) is 4. The number of hydrogen-bond donors (Lipinski definition) is 1. The van der Waals surface area contributed by atoms with Crippen molar-refractivity contribution in [3.8, 4) is 28.8 Å². The molecule has 0 spiro atoms. The topological polar surface area (TPSA) is 110 Å². The van der Waals surface area contributed by atoms with Gasteiger partial charge in [0.2, 0.25) is 0 Å². The molecule has 8 nitrogen and oxygen atoms in total. The van der Waals surface area contributed by atoms with E-state index in [2.05, 4.69) is 14.8 Å². The maximum absolute atomic E-state index is 14.0. The van der Waals surface area contributed by atoms with Crippen LogP contribution in [0.3, 0.4) is 0 Å². The summed E-state index contributed by atoms with van der Waals surface area (Å²) < 4.78 is 62.5. The van der Waals surface area contributed by atoms with E-state index in [1.54, 1.807) is 18.5 Å². The van der Waals surface area contributed by atoms with Crippen LogP contribution in [0.1, 0.15) is 5.56 Å². The lowest BCUT2D eigenvalue weighted by Gasteiger charge is -2.14. The van der Waals surface area contributed by atoms with E-state index in [0.29, 0.717) is 5.69 Å². The van der Waals surface area contributed by atoms with Gasteiger partial charge in [0.25, 0.3) is 10.0 Å². The van der Waals surface area contributed by atoms with Crippen LogP contribution in [0.4, 0.5) is 13.9 Å². The predicted molar refractivity (Wildman–Crippen MR) is 113 cm³/mol. The third kappa shape index (κ3) is 4.16. The number of aryl methyl sites for hydroxylation is 1. The summed E-state index contributed by atoms with van der Waals surface area (Å²) in [5.41, 5.74) is 0.534. The van der Waals surface area contributed by atoms with Crippen molar-refractivity contribution in [3.05, 3.63) is 71.4 Å². The molecule has 1 N–H and O–H groups in total. The molecule has 32 heavy (non-hydrogen) atoms. The number of sulfonamides is 1. The van der Waals surface area contributed by atoms with Crippen LogP contribution in [-0.2, 0) is 17.1 Å². The molecule has 0 aliphatic rings. The fourth-order valence-corrected chi connectivity index (χ4v) is 4.68. The average molecular weight is 473 g/mol.